The zero-order valence-electron chi connectivity index (χ0n) is 11.5. The van der Waals surface area contributed by atoms with Gasteiger partial charge in [0.25, 0.3) is 0 Å². The molecular weight excluding hydrogens is 264 g/mol. The Balaban J connectivity index is 2.03. The number of carbonyl (C=O) groups is 2. The van der Waals surface area contributed by atoms with Crippen LogP contribution in [0.15, 0.2) is 11.1 Å². The van der Waals surface area contributed by atoms with E-state index in [0.29, 0.717) is 5.03 Å². The first-order valence-corrected chi connectivity index (χ1v) is 7.36. The van der Waals surface area contributed by atoms with Crippen LogP contribution in [0.3, 0.4) is 0 Å². The minimum atomic E-state index is -0.173. The number of Topliss-reactive ketones (excluding diaryl/α,β-unsaturated/α-hetero) is 1. The zero-order chi connectivity index (χ0) is 13.9. The SMILES string of the molecule is C[C@@H]1C(=O)O[C@H]2[C@H]1CC[C@@]1(C)C=C(Cl)C(=O)[C@@H](C)[C@H]21. The van der Waals surface area contributed by atoms with Crippen LogP contribution >= 0.6 is 11.6 Å². The molecule has 3 aliphatic rings. The van der Waals surface area contributed by atoms with Gasteiger partial charge in [-0.15, -0.1) is 0 Å². The predicted molar refractivity (Wildman–Crippen MR) is 71.5 cm³/mol. The first-order valence-electron chi connectivity index (χ1n) is 6.98. The molecule has 1 saturated carbocycles. The van der Waals surface area contributed by atoms with Crippen molar-refractivity contribution in [1.29, 1.82) is 0 Å². The fourth-order valence-electron chi connectivity index (χ4n) is 4.33. The summed E-state index contributed by atoms with van der Waals surface area (Å²) in [6.45, 7) is 5.99. The molecule has 19 heavy (non-hydrogen) atoms. The second-order valence-corrected chi connectivity index (χ2v) is 6.98. The summed E-state index contributed by atoms with van der Waals surface area (Å²) in [5.74, 6) is -0.0205. The van der Waals surface area contributed by atoms with E-state index in [9.17, 15) is 9.59 Å². The lowest BCUT2D eigenvalue weighted by Gasteiger charge is -2.49. The molecule has 1 aliphatic heterocycles. The second kappa shape index (κ2) is 4.08. The smallest absolute Gasteiger partial charge is 0.309 e. The summed E-state index contributed by atoms with van der Waals surface area (Å²) in [5, 5.41) is 0.349. The topological polar surface area (TPSA) is 43.4 Å². The maximum atomic E-state index is 12.1. The van der Waals surface area contributed by atoms with Crippen molar-refractivity contribution in [1.82, 2.24) is 0 Å². The van der Waals surface area contributed by atoms with E-state index in [1.54, 1.807) is 0 Å². The van der Waals surface area contributed by atoms with Gasteiger partial charge in [-0.1, -0.05) is 38.4 Å². The van der Waals surface area contributed by atoms with Crippen LogP contribution in [-0.2, 0) is 14.3 Å². The molecule has 1 saturated heterocycles. The third-order valence-electron chi connectivity index (χ3n) is 5.46. The van der Waals surface area contributed by atoms with Gasteiger partial charge in [-0.05, 0) is 18.3 Å². The number of fused-ring (bicyclic) bond motifs is 3. The van der Waals surface area contributed by atoms with Gasteiger partial charge in [-0.2, -0.15) is 0 Å². The summed E-state index contributed by atoms with van der Waals surface area (Å²) < 4.78 is 5.60. The summed E-state index contributed by atoms with van der Waals surface area (Å²) in [6, 6.07) is 0. The van der Waals surface area contributed by atoms with E-state index in [2.05, 4.69) is 6.92 Å². The maximum Gasteiger partial charge on any atom is 0.309 e. The summed E-state index contributed by atoms with van der Waals surface area (Å²) in [4.78, 5) is 24.0. The van der Waals surface area contributed by atoms with E-state index in [0.717, 1.165) is 12.8 Å². The Morgan fingerprint density at radius 1 is 1.32 bits per heavy atom. The van der Waals surface area contributed by atoms with Crippen molar-refractivity contribution >= 4 is 23.4 Å². The minimum absolute atomic E-state index is 0.0135. The molecule has 104 valence electrons. The first kappa shape index (κ1) is 13.2. The van der Waals surface area contributed by atoms with Crippen LogP contribution in [0, 0.1) is 29.1 Å². The van der Waals surface area contributed by atoms with E-state index in [4.69, 9.17) is 16.3 Å². The van der Waals surface area contributed by atoms with Crippen LogP contribution in [-0.4, -0.2) is 17.9 Å². The Kier molecular flexibility index (Phi) is 2.83. The van der Waals surface area contributed by atoms with E-state index < -0.39 is 0 Å². The van der Waals surface area contributed by atoms with Gasteiger partial charge >= 0.3 is 5.97 Å². The number of ketones is 1. The molecule has 0 bridgehead atoms. The van der Waals surface area contributed by atoms with Crippen molar-refractivity contribution in [3.05, 3.63) is 11.1 Å². The molecule has 4 heteroatoms. The fourth-order valence-corrected chi connectivity index (χ4v) is 4.75. The summed E-state index contributed by atoms with van der Waals surface area (Å²) in [6.07, 6.45) is 3.70. The van der Waals surface area contributed by atoms with Crippen molar-refractivity contribution in [3.63, 3.8) is 0 Å². The molecule has 0 unspecified atom stereocenters. The van der Waals surface area contributed by atoms with Crippen molar-refractivity contribution in [2.45, 2.75) is 39.7 Å². The maximum absolute atomic E-state index is 12.1. The van der Waals surface area contributed by atoms with E-state index in [1.807, 2.05) is 19.9 Å². The number of hydrogen-bond acceptors (Lipinski definition) is 3. The first-order chi connectivity index (χ1) is 8.85. The molecule has 0 spiro atoms. The van der Waals surface area contributed by atoms with Gasteiger partial charge in [0, 0.05) is 17.8 Å². The molecule has 2 aliphatic carbocycles. The molecule has 3 nitrogen and oxygen atoms in total. The highest BCUT2D eigenvalue weighted by Gasteiger charge is 2.58. The normalized spacial score (nSPS) is 49.3. The third-order valence-corrected chi connectivity index (χ3v) is 5.76. The molecule has 3 rings (SSSR count). The molecule has 0 N–H and O–H groups in total. The highest BCUT2D eigenvalue weighted by molar-refractivity contribution is 6.43. The van der Waals surface area contributed by atoms with E-state index >= 15 is 0 Å². The Labute approximate surface area is 118 Å². The van der Waals surface area contributed by atoms with Crippen LogP contribution in [0.1, 0.15) is 33.6 Å². The summed E-state index contributed by atoms with van der Waals surface area (Å²) >= 11 is 6.08. The molecule has 0 radical (unpaired) electrons. The number of ether oxygens (including phenoxy) is 1. The quantitative estimate of drug-likeness (QED) is 0.642. The van der Waals surface area contributed by atoms with Gasteiger partial charge < -0.3 is 4.74 Å². The van der Waals surface area contributed by atoms with Crippen LogP contribution in [0.2, 0.25) is 0 Å². The molecule has 1 heterocycles. The summed E-state index contributed by atoms with van der Waals surface area (Å²) in [7, 11) is 0. The number of esters is 1. The average Bonchev–Trinajstić information content (AvgIpc) is 2.61. The molecule has 0 aromatic rings. The van der Waals surface area contributed by atoms with Gasteiger partial charge in [-0.25, -0.2) is 0 Å². The number of allylic oxidation sites excluding steroid dienone is 2. The Hall–Kier alpha value is -0.830. The van der Waals surface area contributed by atoms with Gasteiger partial charge in [0.15, 0.2) is 5.78 Å². The molecule has 6 atom stereocenters. The summed E-state index contributed by atoms with van der Waals surface area (Å²) in [5.41, 5.74) is -0.129. The van der Waals surface area contributed by atoms with Gasteiger partial charge in [-0.3, -0.25) is 9.59 Å². The van der Waals surface area contributed by atoms with Gasteiger partial charge in [0.05, 0.1) is 11.0 Å². The van der Waals surface area contributed by atoms with E-state index in [-0.39, 0.29) is 46.9 Å². The lowest BCUT2D eigenvalue weighted by molar-refractivity contribution is -0.151. The number of halogens is 1. The standard InChI is InChI=1S/C15H19ClO3/c1-7-9-4-5-15(3)6-10(16)12(17)8(2)11(15)13(9)19-14(7)18/h6-9,11,13H,4-5H2,1-3H3/t7-,8-,9-,11+,13-,15-/m0/s1. The number of carbonyl (C=O) groups excluding carboxylic acids is 2. The Bertz CT molecular complexity index is 484. The van der Waals surface area contributed by atoms with Gasteiger partial charge in [0.2, 0.25) is 0 Å². The second-order valence-electron chi connectivity index (χ2n) is 6.57. The van der Waals surface area contributed by atoms with Crippen LogP contribution in [0.5, 0.6) is 0 Å². The predicted octanol–water partition coefficient (Wildman–Crippen LogP) is 2.92. The third kappa shape index (κ3) is 1.70. The number of rotatable bonds is 0. The Morgan fingerprint density at radius 2 is 2.00 bits per heavy atom. The molecule has 0 aromatic carbocycles. The fraction of sp³-hybridized carbons (Fsp3) is 0.733. The highest BCUT2D eigenvalue weighted by atomic mass is 35.5. The van der Waals surface area contributed by atoms with Crippen LogP contribution in [0.4, 0.5) is 0 Å². The van der Waals surface area contributed by atoms with Crippen LogP contribution < -0.4 is 0 Å². The Morgan fingerprint density at radius 3 is 2.68 bits per heavy atom. The number of hydrogen-bond donors (Lipinski definition) is 0. The van der Waals surface area contributed by atoms with Crippen molar-refractivity contribution in [2.24, 2.45) is 29.1 Å². The van der Waals surface area contributed by atoms with Gasteiger partial charge in [0.1, 0.15) is 6.10 Å². The van der Waals surface area contributed by atoms with Crippen LogP contribution in [0.25, 0.3) is 0 Å². The van der Waals surface area contributed by atoms with Crippen molar-refractivity contribution in [2.75, 3.05) is 0 Å². The molecule has 0 aromatic heterocycles. The van der Waals surface area contributed by atoms with Crippen molar-refractivity contribution in [3.8, 4) is 0 Å². The molecular formula is C15H19ClO3. The average molecular weight is 283 g/mol. The lowest BCUT2D eigenvalue weighted by Crippen LogP contribution is -2.50. The lowest BCUT2D eigenvalue weighted by atomic mass is 9.55. The monoisotopic (exact) mass is 282 g/mol. The molecule has 2 fully saturated rings. The highest BCUT2D eigenvalue weighted by Crippen LogP contribution is 2.56. The van der Waals surface area contributed by atoms with E-state index in [1.165, 1.54) is 0 Å². The zero-order valence-corrected chi connectivity index (χ0v) is 12.2. The minimum Gasteiger partial charge on any atom is -0.461 e. The largest absolute Gasteiger partial charge is 0.461 e. The van der Waals surface area contributed by atoms with Crippen molar-refractivity contribution < 1.29 is 14.3 Å². The molecule has 0 amide bonds.